The molecular weight excluding hydrogens is 324 g/mol. The molecule has 2 aliphatic rings. The first-order chi connectivity index (χ1) is 12.7. The number of rotatable bonds is 1. The smallest absolute Gasteiger partial charge is 0.142 e. The summed E-state index contributed by atoms with van der Waals surface area (Å²) in [4.78, 5) is 4.34. The number of hydrogen-bond acceptors (Lipinski definition) is 4. The summed E-state index contributed by atoms with van der Waals surface area (Å²) in [5.74, 6) is 2.01. The zero-order chi connectivity index (χ0) is 19.1. The Kier molecular flexibility index (Phi) is 7.49. The van der Waals surface area contributed by atoms with Gasteiger partial charge in [-0.2, -0.15) is 0 Å². The second-order valence-corrected chi connectivity index (χ2v) is 6.22. The molecule has 0 N–H and O–H groups in total. The molecule has 142 valence electrons. The van der Waals surface area contributed by atoms with Gasteiger partial charge in [-0.05, 0) is 49.5 Å². The molecule has 0 spiro atoms. The maximum atomic E-state index is 5.73. The van der Waals surface area contributed by atoms with Gasteiger partial charge in [-0.1, -0.05) is 39.8 Å². The summed E-state index contributed by atoms with van der Waals surface area (Å²) in [7, 11) is 4.14. The molecule has 0 aliphatic carbocycles. The maximum Gasteiger partial charge on any atom is 0.142 e. The van der Waals surface area contributed by atoms with Gasteiger partial charge in [0.05, 0.1) is 0 Å². The largest absolute Gasteiger partial charge is 0.478 e. The van der Waals surface area contributed by atoms with Crippen LogP contribution in [-0.2, 0) is 13.1 Å². The van der Waals surface area contributed by atoms with Gasteiger partial charge in [-0.15, -0.1) is 0 Å². The van der Waals surface area contributed by atoms with E-state index in [1.807, 2.05) is 27.7 Å². The number of benzene rings is 2. The van der Waals surface area contributed by atoms with Crippen molar-refractivity contribution in [2.24, 2.45) is 0 Å². The monoisotopic (exact) mass is 356 g/mol. The van der Waals surface area contributed by atoms with E-state index in [-0.39, 0.29) is 0 Å². The minimum Gasteiger partial charge on any atom is -0.478 e. The minimum atomic E-state index is 0.662. The lowest BCUT2D eigenvalue weighted by Gasteiger charge is -2.27. The first kappa shape index (κ1) is 20.3. The lowest BCUT2D eigenvalue weighted by molar-refractivity contribution is 0.121. The lowest BCUT2D eigenvalue weighted by Crippen LogP contribution is -2.28. The number of ether oxygens (including phenoxy) is 2. The first-order valence-electron chi connectivity index (χ1n) is 9.58. The van der Waals surface area contributed by atoms with Crippen molar-refractivity contribution >= 4 is 0 Å². The second kappa shape index (κ2) is 9.60. The van der Waals surface area contributed by atoms with Crippen molar-refractivity contribution in [1.29, 1.82) is 0 Å². The zero-order valence-corrected chi connectivity index (χ0v) is 17.0. The molecule has 0 saturated carbocycles. The first-order valence-corrected chi connectivity index (χ1v) is 9.58. The fraction of sp³-hybridized carbons (Fsp3) is 0.455. The Bertz CT molecular complexity index is 654. The van der Waals surface area contributed by atoms with E-state index < -0.39 is 0 Å². The van der Waals surface area contributed by atoms with E-state index >= 15 is 0 Å². The van der Waals surface area contributed by atoms with Crippen molar-refractivity contribution in [3.05, 3.63) is 47.5 Å². The topological polar surface area (TPSA) is 24.9 Å². The van der Waals surface area contributed by atoms with E-state index in [1.54, 1.807) is 0 Å². The van der Waals surface area contributed by atoms with Crippen LogP contribution in [-0.4, -0.2) is 37.4 Å². The van der Waals surface area contributed by atoms with Crippen LogP contribution in [0.25, 0.3) is 11.1 Å². The average molecular weight is 357 g/mol. The van der Waals surface area contributed by atoms with E-state index in [0.29, 0.717) is 13.5 Å². The zero-order valence-electron chi connectivity index (χ0n) is 17.0. The molecule has 0 amide bonds. The lowest BCUT2D eigenvalue weighted by atomic mass is 9.99. The molecule has 4 rings (SSSR count). The Balaban J connectivity index is 0.000000570. The summed E-state index contributed by atoms with van der Waals surface area (Å²) in [6.07, 6.45) is 0. The van der Waals surface area contributed by atoms with Crippen molar-refractivity contribution < 1.29 is 9.47 Å². The molecular formula is C22H32N2O2. The standard InChI is InChI=1S/C18H20N2O2.2C2H6/c1-19-9-15-7-13(3-5-17(15)21-11-19)14-4-6-18-16(8-14)10-20(2)12-22-18;2*1-2/h3-8H,9-12H2,1-2H3;2*1-2H3. The van der Waals surface area contributed by atoms with Crippen LogP contribution >= 0.6 is 0 Å². The molecule has 2 aromatic carbocycles. The summed E-state index contributed by atoms with van der Waals surface area (Å²) in [5, 5.41) is 0. The quantitative estimate of drug-likeness (QED) is 0.720. The fourth-order valence-corrected chi connectivity index (χ4v) is 3.08. The van der Waals surface area contributed by atoms with Gasteiger partial charge in [0.15, 0.2) is 0 Å². The minimum absolute atomic E-state index is 0.662. The van der Waals surface area contributed by atoms with Gasteiger partial charge in [0.1, 0.15) is 25.0 Å². The highest BCUT2D eigenvalue weighted by Gasteiger charge is 2.17. The average Bonchev–Trinajstić information content (AvgIpc) is 2.70. The van der Waals surface area contributed by atoms with E-state index in [0.717, 1.165) is 24.6 Å². The maximum absolute atomic E-state index is 5.73. The van der Waals surface area contributed by atoms with Crippen LogP contribution in [0.4, 0.5) is 0 Å². The predicted molar refractivity (Wildman–Crippen MR) is 108 cm³/mol. The molecule has 4 nitrogen and oxygen atoms in total. The Morgan fingerprint density at radius 3 is 1.42 bits per heavy atom. The molecule has 2 heterocycles. The molecule has 0 aromatic heterocycles. The Morgan fingerprint density at radius 1 is 0.654 bits per heavy atom. The molecule has 4 heteroatoms. The normalized spacial score (nSPS) is 15.8. The third kappa shape index (κ3) is 4.57. The van der Waals surface area contributed by atoms with Gasteiger partial charge >= 0.3 is 0 Å². The molecule has 2 aliphatic heterocycles. The Hall–Kier alpha value is -2.04. The molecule has 0 saturated heterocycles. The van der Waals surface area contributed by atoms with Crippen LogP contribution in [0, 0.1) is 0 Å². The van der Waals surface area contributed by atoms with Crippen LogP contribution in [0.1, 0.15) is 38.8 Å². The van der Waals surface area contributed by atoms with Gasteiger partial charge in [0.2, 0.25) is 0 Å². The van der Waals surface area contributed by atoms with Crippen LogP contribution in [0.2, 0.25) is 0 Å². The number of nitrogens with zero attached hydrogens (tertiary/aromatic N) is 2. The molecule has 2 aromatic rings. The highest BCUT2D eigenvalue weighted by molar-refractivity contribution is 5.68. The van der Waals surface area contributed by atoms with E-state index in [4.69, 9.17) is 9.47 Å². The van der Waals surface area contributed by atoms with E-state index in [1.165, 1.54) is 22.3 Å². The van der Waals surface area contributed by atoms with Gasteiger partial charge in [-0.25, -0.2) is 0 Å². The van der Waals surface area contributed by atoms with Crippen LogP contribution in [0.15, 0.2) is 36.4 Å². The predicted octanol–water partition coefficient (Wildman–Crippen LogP) is 4.97. The fourth-order valence-electron chi connectivity index (χ4n) is 3.08. The van der Waals surface area contributed by atoms with Crippen molar-refractivity contribution in [3.8, 4) is 22.6 Å². The summed E-state index contributed by atoms with van der Waals surface area (Å²) in [6.45, 7) is 11.2. The highest BCUT2D eigenvalue weighted by Crippen LogP contribution is 2.33. The third-order valence-corrected chi connectivity index (χ3v) is 4.22. The summed E-state index contributed by atoms with van der Waals surface area (Å²) in [5.41, 5.74) is 4.96. The van der Waals surface area contributed by atoms with Gasteiger partial charge in [-0.3, -0.25) is 9.80 Å². The molecule has 0 fully saturated rings. The third-order valence-electron chi connectivity index (χ3n) is 4.22. The van der Waals surface area contributed by atoms with Gasteiger partial charge in [0.25, 0.3) is 0 Å². The summed E-state index contributed by atoms with van der Waals surface area (Å²) in [6, 6.07) is 12.9. The highest BCUT2D eigenvalue weighted by atomic mass is 16.5. The Labute approximate surface area is 158 Å². The SMILES string of the molecule is CC.CC.CN1COc2ccc(-c3ccc4c(c3)CN(C)CO4)cc2C1. The summed E-state index contributed by atoms with van der Waals surface area (Å²) >= 11 is 0. The molecule has 0 atom stereocenters. The van der Waals surface area contributed by atoms with E-state index in [2.05, 4.69) is 60.3 Å². The Morgan fingerprint density at radius 2 is 1.04 bits per heavy atom. The molecule has 0 unspecified atom stereocenters. The number of hydrogen-bond donors (Lipinski definition) is 0. The number of fused-ring (bicyclic) bond motifs is 2. The molecule has 0 radical (unpaired) electrons. The van der Waals surface area contributed by atoms with Gasteiger partial charge in [0, 0.05) is 24.2 Å². The molecule has 0 bridgehead atoms. The van der Waals surface area contributed by atoms with Crippen LogP contribution < -0.4 is 9.47 Å². The van der Waals surface area contributed by atoms with Crippen molar-refractivity contribution in [2.45, 2.75) is 40.8 Å². The van der Waals surface area contributed by atoms with Gasteiger partial charge < -0.3 is 9.47 Å². The second-order valence-electron chi connectivity index (χ2n) is 6.22. The van der Waals surface area contributed by atoms with Crippen molar-refractivity contribution in [1.82, 2.24) is 9.80 Å². The van der Waals surface area contributed by atoms with E-state index in [9.17, 15) is 0 Å². The summed E-state index contributed by atoms with van der Waals surface area (Å²) < 4.78 is 11.5. The van der Waals surface area contributed by atoms with Crippen LogP contribution in [0.3, 0.4) is 0 Å². The van der Waals surface area contributed by atoms with Crippen molar-refractivity contribution in [2.75, 3.05) is 27.6 Å². The van der Waals surface area contributed by atoms with Crippen molar-refractivity contribution in [3.63, 3.8) is 0 Å². The molecule has 26 heavy (non-hydrogen) atoms. The van der Waals surface area contributed by atoms with Crippen LogP contribution in [0.5, 0.6) is 11.5 Å².